The first-order valence-electron chi connectivity index (χ1n) is 5.19. The highest BCUT2D eigenvalue weighted by atomic mass is 31.2. The van der Waals surface area contributed by atoms with Gasteiger partial charge in [-0.2, -0.15) is 0 Å². The van der Waals surface area contributed by atoms with E-state index in [1.54, 1.807) is 0 Å². The highest BCUT2D eigenvalue weighted by Gasteiger charge is 2.47. The lowest BCUT2D eigenvalue weighted by molar-refractivity contribution is -0.149. The molecule has 0 aromatic carbocycles. The quantitative estimate of drug-likeness (QED) is 0.316. The van der Waals surface area contributed by atoms with Gasteiger partial charge in [-0.3, -0.25) is 4.57 Å². The molecular formula is C9H15O9P. The second kappa shape index (κ2) is 5.10. The van der Waals surface area contributed by atoms with Crippen LogP contribution in [-0.4, -0.2) is 55.2 Å². The van der Waals surface area contributed by atoms with Gasteiger partial charge in [-0.25, -0.2) is 4.79 Å². The first-order chi connectivity index (χ1) is 8.51. The fourth-order valence-electron chi connectivity index (χ4n) is 1.22. The minimum Gasteiger partial charge on any atom is -0.505 e. The van der Waals surface area contributed by atoms with Crippen molar-refractivity contribution >= 4 is 13.6 Å². The van der Waals surface area contributed by atoms with Gasteiger partial charge < -0.3 is 34.6 Å². The van der Waals surface area contributed by atoms with Gasteiger partial charge in [-0.05, 0) is 13.8 Å². The molecule has 0 fully saturated rings. The van der Waals surface area contributed by atoms with Crippen molar-refractivity contribution in [3.8, 4) is 0 Å². The van der Waals surface area contributed by atoms with Crippen LogP contribution in [0.15, 0.2) is 11.5 Å². The molecule has 0 saturated heterocycles. The number of ether oxygens (including phenoxy) is 2. The number of rotatable bonds is 5. The van der Waals surface area contributed by atoms with Gasteiger partial charge in [0.2, 0.25) is 11.1 Å². The van der Waals surface area contributed by atoms with E-state index in [4.69, 9.17) is 19.6 Å². The number of hydrogen-bond donors (Lipinski definition) is 5. The fourth-order valence-corrected chi connectivity index (χ4v) is 1.43. The molecule has 110 valence electrons. The average molecular weight is 298 g/mol. The molecule has 5 N–H and O–H groups in total. The Hall–Kier alpha value is -1.12. The summed E-state index contributed by atoms with van der Waals surface area (Å²) >= 11 is 0. The van der Waals surface area contributed by atoms with Crippen molar-refractivity contribution in [2.45, 2.75) is 31.4 Å². The summed E-state index contributed by atoms with van der Waals surface area (Å²) < 4.78 is 20.5. The monoisotopic (exact) mass is 298 g/mol. The molecule has 0 unspecified atom stereocenters. The van der Waals surface area contributed by atoms with Crippen molar-refractivity contribution in [1.82, 2.24) is 0 Å². The molecule has 1 rings (SSSR count). The minimum absolute atomic E-state index is 0.781. The van der Waals surface area contributed by atoms with E-state index < -0.39 is 49.2 Å². The zero-order valence-corrected chi connectivity index (χ0v) is 11.1. The summed E-state index contributed by atoms with van der Waals surface area (Å²) in [6.45, 7) is 1.27. The predicted molar refractivity (Wildman–Crippen MR) is 59.8 cm³/mol. The number of hydrogen-bond acceptors (Lipinski definition) is 7. The molecule has 1 aliphatic rings. The maximum absolute atomic E-state index is 11.4. The standard InChI is InChI=1S/C9H15O9P/c1-9(2,19(14,15)16)18-7-5(12)6(4(11)3-10)17-8(7)13/h4,6,10-12H,3H2,1-2H3,(H2,14,15,16)/t4-,6-/m1/s1. The Bertz CT molecular complexity index is 449. The second-order valence-corrected chi connectivity index (χ2v) is 6.55. The Labute approximate surface area is 108 Å². The number of aliphatic hydroxyl groups excluding tert-OH is 3. The molecule has 0 aromatic heterocycles. The first-order valence-corrected chi connectivity index (χ1v) is 6.80. The molecule has 2 atom stereocenters. The van der Waals surface area contributed by atoms with Crippen LogP contribution in [0, 0.1) is 0 Å². The van der Waals surface area contributed by atoms with E-state index in [1.807, 2.05) is 0 Å². The molecule has 0 amide bonds. The van der Waals surface area contributed by atoms with E-state index in [9.17, 15) is 19.6 Å². The molecule has 0 bridgehead atoms. The van der Waals surface area contributed by atoms with Crippen molar-refractivity contribution < 1.29 is 43.9 Å². The van der Waals surface area contributed by atoms with Gasteiger partial charge in [0.05, 0.1) is 6.61 Å². The maximum atomic E-state index is 11.4. The molecule has 19 heavy (non-hydrogen) atoms. The number of cyclic esters (lactones) is 1. The Morgan fingerprint density at radius 1 is 1.47 bits per heavy atom. The van der Waals surface area contributed by atoms with E-state index in [0.717, 1.165) is 13.8 Å². The van der Waals surface area contributed by atoms with E-state index in [0.29, 0.717) is 0 Å². The third-order valence-electron chi connectivity index (χ3n) is 2.51. The minimum atomic E-state index is -4.71. The predicted octanol–water partition coefficient (Wildman–Crippen LogP) is -1.03. The summed E-state index contributed by atoms with van der Waals surface area (Å²) in [6, 6.07) is 0. The van der Waals surface area contributed by atoms with Crippen molar-refractivity contribution in [3.05, 3.63) is 11.5 Å². The summed E-state index contributed by atoms with van der Waals surface area (Å²) in [5.74, 6) is -2.81. The van der Waals surface area contributed by atoms with Gasteiger partial charge >= 0.3 is 13.6 Å². The van der Waals surface area contributed by atoms with E-state index in [1.165, 1.54) is 0 Å². The van der Waals surface area contributed by atoms with E-state index >= 15 is 0 Å². The molecule has 9 nitrogen and oxygen atoms in total. The molecule has 1 heterocycles. The smallest absolute Gasteiger partial charge is 0.378 e. The third kappa shape index (κ3) is 3.07. The van der Waals surface area contributed by atoms with Crippen LogP contribution in [0.2, 0.25) is 0 Å². The summed E-state index contributed by atoms with van der Waals surface area (Å²) in [5.41, 5.74) is 0. The zero-order valence-electron chi connectivity index (χ0n) is 10.2. The van der Waals surface area contributed by atoms with Crippen LogP contribution >= 0.6 is 7.60 Å². The highest BCUT2D eigenvalue weighted by molar-refractivity contribution is 7.53. The Morgan fingerprint density at radius 3 is 2.42 bits per heavy atom. The summed E-state index contributed by atoms with van der Waals surface area (Å²) in [6.07, 6.45) is -3.09. The Balaban J connectivity index is 3.03. The number of carbonyl (C=O) groups excluding carboxylic acids is 1. The molecule has 1 aliphatic heterocycles. The zero-order chi connectivity index (χ0) is 15.0. The van der Waals surface area contributed by atoms with Crippen LogP contribution < -0.4 is 0 Å². The highest BCUT2D eigenvalue weighted by Crippen LogP contribution is 2.52. The SMILES string of the molecule is CC(C)(OC1=C(O)[C@@H]([C@H](O)CO)OC1=O)P(=O)(O)O. The lowest BCUT2D eigenvalue weighted by atomic mass is 10.2. The van der Waals surface area contributed by atoms with Gasteiger partial charge in [0.25, 0.3) is 0 Å². The van der Waals surface area contributed by atoms with Gasteiger partial charge in [-0.15, -0.1) is 0 Å². The van der Waals surface area contributed by atoms with E-state index in [2.05, 4.69) is 4.74 Å². The van der Waals surface area contributed by atoms with Crippen molar-refractivity contribution in [2.24, 2.45) is 0 Å². The number of aliphatic hydroxyl groups is 3. The Morgan fingerprint density at radius 2 is 2.00 bits per heavy atom. The summed E-state index contributed by atoms with van der Waals surface area (Å²) in [5, 5.41) is 25.6. The summed E-state index contributed by atoms with van der Waals surface area (Å²) in [4.78, 5) is 29.5. The van der Waals surface area contributed by atoms with Gasteiger partial charge in [0.15, 0.2) is 11.9 Å². The fraction of sp³-hybridized carbons (Fsp3) is 0.667. The molecular weight excluding hydrogens is 283 g/mol. The van der Waals surface area contributed by atoms with Crippen molar-refractivity contribution in [1.29, 1.82) is 0 Å². The molecule has 0 aromatic rings. The number of carbonyl (C=O) groups is 1. The molecule has 0 saturated carbocycles. The van der Waals surface area contributed by atoms with Gasteiger partial charge in [-0.1, -0.05) is 0 Å². The van der Waals surface area contributed by atoms with Crippen molar-refractivity contribution in [3.63, 3.8) is 0 Å². The van der Waals surface area contributed by atoms with Gasteiger partial charge in [0, 0.05) is 0 Å². The first kappa shape index (κ1) is 15.9. The normalized spacial score (nSPS) is 22.4. The largest absolute Gasteiger partial charge is 0.505 e. The average Bonchev–Trinajstić information content (AvgIpc) is 2.54. The topological polar surface area (TPSA) is 154 Å². The molecule has 0 aliphatic carbocycles. The van der Waals surface area contributed by atoms with Crippen LogP contribution in [0.25, 0.3) is 0 Å². The third-order valence-corrected chi connectivity index (χ3v) is 4.01. The lowest BCUT2D eigenvalue weighted by Gasteiger charge is -2.26. The van der Waals surface area contributed by atoms with Crippen LogP contribution in [0.5, 0.6) is 0 Å². The van der Waals surface area contributed by atoms with E-state index in [-0.39, 0.29) is 0 Å². The molecule has 0 radical (unpaired) electrons. The van der Waals surface area contributed by atoms with Crippen LogP contribution in [0.3, 0.4) is 0 Å². The lowest BCUT2D eigenvalue weighted by Crippen LogP contribution is -2.31. The van der Waals surface area contributed by atoms with Crippen LogP contribution in [0.1, 0.15) is 13.8 Å². The Kier molecular flexibility index (Phi) is 4.28. The molecule has 10 heteroatoms. The van der Waals surface area contributed by atoms with Crippen LogP contribution in [-0.2, 0) is 18.8 Å². The van der Waals surface area contributed by atoms with Gasteiger partial charge in [0.1, 0.15) is 6.10 Å². The second-order valence-electron chi connectivity index (χ2n) is 4.38. The maximum Gasteiger partial charge on any atom is 0.378 e. The van der Waals surface area contributed by atoms with Crippen molar-refractivity contribution in [2.75, 3.05) is 6.61 Å². The van der Waals surface area contributed by atoms with Crippen LogP contribution in [0.4, 0.5) is 0 Å². The number of esters is 1. The summed E-state index contributed by atoms with van der Waals surface area (Å²) in [7, 11) is -4.71. The molecule has 0 spiro atoms.